The molecule has 7 nitrogen and oxygen atoms in total. The Morgan fingerprint density at radius 3 is 2.66 bits per heavy atom. The van der Waals surface area contributed by atoms with Crippen LogP contribution in [0.1, 0.15) is 17.4 Å². The number of ether oxygens (including phenoxy) is 1. The van der Waals surface area contributed by atoms with Crippen molar-refractivity contribution in [3.05, 3.63) is 78.0 Å². The molecular formula is C27H24N4O3S. The number of fused-ring (bicyclic) bond motifs is 4. The van der Waals surface area contributed by atoms with Crippen LogP contribution in [0.3, 0.4) is 0 Å². The van der Waals surface area contributed by atoms with Crippen molar-refractivity contribution < 1.29 is 14.6 Å². The zero-order valence-electron chi connectivity index (χ0n) is 19.6. The molecule has 1 atom stereocenters. The number of para-hydroxylation sites is 1. The Labute approximate surface area is 206 Å². The first-order valence-electron chi connectivity index (χ1n) is 11.3. The number of aromatic nitrogens is 2. The summed E-state index contributed by atoms with van der Waals surface area (Å²) >= 11 is 1.33. The normalized spacial score (nSPS) is 19.2. The molecule has 2 aromatic carbocycles. The molecule has 2 aromatic heterocycles. The number of nitrogens with zero attached hydrogens (tertiary/aromatic N) is 3. The van der Waals surface area contributed by atoms with Gasteiger partial charge in [0.15, 0.2) is 0 Å². The fourth-order valence-electron chi connectivity index (χ4n) is 5.21. The fourth-order valence-corrected chi connectivity index (χ4v) is 5.96. The predicted octanol–water partition coefficient (Wildman–Crippen LogP) is 5.37. The summed E-state index contributed by atoms with van der Waals surface area (Å²) in [5.74, 6) is -0.233. The lowest BCUT2D eigenvalue weighted by atomic mass is 9.89. The Bertz CT molecular complexity index is 1610. The summed E-state index contributed by atoms with van der Waals surface area (Å²) in [4.78, 5) is 12.8. The number of nitrogens with one attached hydrogen (secondary N) is 1. The molecule has 0 radical (unpaired) electrons. The van der Waals surface area contributed by atoms with Gasteiger partial charge in [0.25, 0.3) is 0 Å². The van der Waals surface area contributed by atoms with Crippen LogP contribution in [0.2, 0.25) is 0 Å². The number of hydrogen-bond donors (Lipinski definition) is 2. The number of hydrogen-bond acceptors (Lipinski definition) is 5. The average molecular weight is 485 g/mol. The molecule has 0 saturated heterocycles. The first-order valence-corrected chi connectivity index (χ1v) is 12.1. The summed E-state index contributed by atoms with van der Waals surface area (Å²) in [6.45, 7) is 2.51. The van der Waals surface area contributed by atoms with Gasteiger partial charge in [-0.25, -0.2) is 13.9 Å². The van der Waals surface area contributed by atoms with Crippen molar-refractivity contribution in [3.8, 4) is 16.9 Å². The van der Waals surface area contributed by atoms with Crippen LogP contribution in [0.4, 0.5) is 0 Å². The van der Waals surface area contributed by atoms with Crippen LogP contribution in [0.15, 0.2) is 76.7 Å². The van der Waals surface area contributed by atoms with E-state index >= 15 is 0 Å². The minimum Gasteiger partial charge on any atom is -0.497 e. The number of rotatable bonds is 5. The molecule has 176 valence electrons. The molecular weight excluding hydrogens is 460 g/mol. The number of aryl methyl sites for hydroxylation is 1. The second-order valence-electron chi connectivity index (χ2n) is 9.04. The molecule has 0 spiro atoms. The summed E-state index contributed by atoms with van der Waals surface area (Å²) in [5.41, 5.74) is 6.30. The van der Waals surface area contributed by atoms with E-state index in [-0.39, 0.29) is 11.2 Å². The zero-order chi connectivity index (χ0) is 24.3. The molecule has 2 aliphatic rings. The van der Waals surface area contributed by atoms with Gasteiger partial charge in [-0.05, 0) is 42.3 Å². The van der Waals surface area contributed by atoms with Gasteiger partial charge in [0, 0.05) is 24.5 Å². The van der Waals surface area contributed by atoms with Gasteiger partial charge < -0.3 is 19.0 Å². The van der Waals surface area contributed by atoms with E-state index in [2.05, 4.69) is 38.8 Å². The SMILES string of the molecule is COc1ccc(-c2c(C(=O)O)n(CC3=CC4(C)NSN=C4C=C3)c3c4ccccc4n(C)c23)cc1. The Morgan fingerprint density at radius 1 is 1.14 bits per heavy atom. The summed E-state index contributed by atoms with van der Waals surface area (Å²) in [7, 11) is 3.62. The fraction of sp³-hybridized carbons (Fsp3) is 0.185. The van der Waals surface area contributed by atoms with Gasteiger partial charge in [0.1, 0.15) is 11.4 Å². The molecule has 0 fully saturated rings. The largest absolute Gasteiger partial charge is 0.497 e. The molecule has 3 heterocycles. The number of aromatic carboxylic acids is 1. The van der Waals surface area contributed by atoms with Gasteiger partial charge in [-0.15, -0.1) is 0 Å². The minimum absolute atomic E-state index is 0.272. The molecule has 4 aromatic rings. The topological polar surface area (TPSA) is 80.8 Å². The highest BCUT2D eigenvalue weighted by Crippen LogP contribution is 2.41. The molecule has 35 heavy (non-hydrogen) atoms. The van der Waals surface area contributed by atoms with Crippen molar-refractivity contribution in [2.24, 2.45) is 11.4 Å². The highest BCUT2D eigenvalue weighted by atomic mass is 32.2. The smallest absolute Gasteiger partial charge is 0.353 e. The van der Waals surface area contributed by atoms with Crippen molar-refractivity contribution >= 4 is 45.8 Å². The predicted molar refractivity (Wildman–Crippen MR) is 141 cm³/mol. The number of benzene rings is 2. The molecule has 1 aliphatic heterocycles. The Balaban J connectivity index is 1.64. The summed E-state index contributed by atoms with van der Waals surface area (Å²) in [5, 5.41) is 11.5. The second kappa shape index (κ2) is 7.90. The van der Waals surface area contributed by atoms with Gasteiger partial charge in [0.2, 0.25) is 0 Å². The molecule has 8 heteroatoms. The third-order valence-electron chi connectivity index (χ3n) is 6.88. The molecule has 0 amide bonds. The van der Waals surface area contributed by atoms with Crippen molar-refractivity contribution in [3.63, 3.8) is 0 Å². The van der Waals surface area contributed by atoms with Crippen LogP contribution in [-0.4, -0.2) is 38.6 Å². The second-order valence-corrected chi connectivity index (χ2v) is 9.61. The monoisotopic (exact) mass is 484 g/mol. The molecule has 0 saturated carbocycles. The van der Waals surface area contributed by atoms with E-state index in [1.54, 1.807) is 7.11 Å². The van der Waals surface area contributed by atoms with E-state index in [1.165, 1.54) is 12.1 Å². The van der Waals surface area contributed by atoms with Crippen molar-refractivity contribution in [1.29, 1.82) is 0 Å². The standard InChI is InChI=1S/C27H24N4O3S/c1-27-14-16(8-13-21(27)28-35-29-27)15-31-23-19-6-4-5-7-20(19)30(2)24(23)22(25(31)26(32)33)17-9-11-18(34-3)12-10-17/h4-14,29H,15H2,1-3H3,(H,32,33). The van der Waals surface area contributed by atoms with Crippen LogP contribution in [0, 0.1) is 0 Å². The van der Waals surface area contributed by atoms with Crippen LogP contribution in [0.5, 0.6) is 5.75 Å². The maximum atomic E-state index is 12.8. The lowest BCUT2D eigenvalue weighted by Gasteiger charge is -2.25. The Kier molecular flexibility index (Phi) is 4.91. The third-order valence-corrected chi connectivity index (χ3v) is 7.68. The lowest BCUT2D eigenvalue weighted by molar-refractivity contribution is 0.0687. The minimum atomic E-state index is -0.959. The maximum Gasteiger partial charge on any atom is 0.353 e. The first-order chi connectivity index (χ1) is 16.9. The van der Waals surface area contributed by atoms with Crippen molar-refractivity contribution in [2.75, 3.05) is 7.11 Å². The number of carboxylic acids is 1. The number of methoxy groups -OCH3 is 1. The van der Waals surface area contributed by atoms with Crippen LogP contribution in [-0.2, 0) is 13.6 Å². The van der Waals surface area contributed by atoms with E-state index in [4.69, 9.17) is 4.74 Å². The van der Waals surface area contributed by atoms with E-state index in [0.29, 0.717) is 12.1 Å². The summed E-state index contributed by atoms with van der Waals surface area (Å²) in [6, 6.07) is 15.7. The number of carbonyl (C=O) groups is 1. The van der Waals surface area contributed by atoms with Gasteiger partial charge in [-0.1, -0.05) is 42.5 Å². The molecule has 1 aliphatic carbocycles. The molecule has 1 unspecified atom stereocenters. The highest BCUT2D eigenvalue weighted by molar-refractivity contribution is 7.96. The van der Waals surface area contributed by atoms with E-state index in [9.17, 15) is 9.90 Å². The van der Waals surface area contributed by atoms with E-state index in [1.807, 2.05) is 60.2 Å². The highest BCUT2D eigenvalue weighted by Gasteiger charge is 2.35. The first kappa shape index (κ1) is 21.8. The van der Waals surface area contributed by atoms with Gasteiger partial charge in [-0.3, -0.25) is 0 Å². The van der Waals surface area contributed by atoms with E-state index in [0.717, 1.165) is 44.5 Å². The Hall–Kier alpha value is -3.75. The van der Waals surface area contributed by atoms with Crippen molar-refractivity contribution in [2.45, 2.75) is 19.0 Å². The molecule has 2 N–H and O–H groups in total. The lowest BCUT2D eigenvalue weighted by Crippen LogP contribution is -2.41. The molecule has 0 bridgehead atoms. The maximum absolute atomic E-state index is 12.8. The van der Waals surface area contributed by atoms with E-state index < -0.39 is 5.97 Å². The van der Waals surface area contributed by atoms with Crippen molar-refractivity contribution in [1.82, 2.24) is 13.9 Å². The average Bonchev–Trinajstić information content (AvgIpc) is 3.49. The summed E-state index contributed by atoms with van der Waals surface area (Å²) in [6.07, 6.45) is 6.18. The quantitative estimate of drug-likeness (QED) is 0.372. The van der Waals surface area contributed by atoms with Crippen LogP contribution in [0.25, 0.3) is 33.1 Å². The number of allylic oxidation sites excluding steroid dienone is 2. The Morgan fingerprint density at radius 2 is 1.91 bits per heavy atom. The van der Waals surface area contributed by atoms with Gasteiger partial charge in [0.05, 0.1) is 47.0 Å². The third kappa shape index (κ3) is 3.25. The van der Waals surface area contributed by atoms with Gasteiger partial charge >= 0.3 is 5.97 Å². The van der Waals surface area contributed by atoms with Crippen LogP contribution >= 0.6 is 12.1 Å². The zero-order valence-corrected chi connectivity index (χ0v) is 20.4. The van der Waals surface area contributed by atoms with Gasteiger partial charge in [-0.2, -0.15) is 0 Å². The molecule has 6 rings (SSSR count). The number of carboxylic acid groups (broad SMARTS) is 1. The van der Waals surface area contributed by atoms with Crippen LogP contribution < -0.4 is 9.46 Å². The summed E-state index contributed by atoms with van der Waals surface area (Å²) < 4.78 is 17.2.